The third-order valence-corrected chi connectivity index (χ3v) is 6.20. The van der Waals surface area contributed by atoms with Crippen LogP contribution in [-0.4, -0.2) is 53.0 Å². The maximum Gasteiger partial charge on any atom is 0.252 e. The van der Waals surface area contributed by atoms with Crippen LogP contribution in [-0.2, 0) is 16.0 Å². The predicted octanol–water partition coefficient (Wildman–Crippen LogP) is 3.69. The van der Waals surface area contributed by atoms with Crippen molar-refractivity contribution in [3.05, 3.63) is 57.7 Å². The molecule has 0 spiro atoms. The second kappa shape index (κ2) is 10.2. The lowest BCUT2D eigenvalue weighted by atomic mass is 10.1. The van der Waals surface area contributed by atoms with Gasteiger partial charge in [0.25, 0.3) is 5.91 Å². The van der Waals surface area contributed by atoms with E-state index in [0.717, 1.165) is 14.9 Å². The fourth-order valence-corrected chi connectivity index (χ4v) is 4.20. The maximum absolute atomic E-state index is 12.9. The number of thiocarbonyl (C=S) groups is 1. The molecule has 1 saturated heterocycles. The molecule has 1 aliphatic heterocycles. The number of methoxy groups -OCH3 is 1. The summed E-state index contributed by atoms with van der Waals surface area (Å²) in [6.45, 7) is 2.95. The van der Waals surface area contributed by atoms with E-state index >= 15 is 0 Å². The Morgan fingerprint density at radius 2 is 1.83 bits per heavy atom. The summed E-state index contributed by atoms with van der Waals surface area (Å²) in [5.74, 6) is 0.479. The van der Waals surface area contributed by atoms with Crippen LogP contribution in [0.5, 0.6) is 5.75 Å². The quantitative estimate of drug-likeness (QED) is 0.411. The van der Waals surface area contributed by atoms with Crippen molar-refractivity contribution in [2.45, 2.75) is 25.8 Å². The van der Waals surface area contributed by atoms with Gasteiger partial charge in [-0.25, -0.2) is 0 Å². The molecule has 1 atom stereocenters. The van der Waals surface area contributed by atoms with Crippen LogP contribution < -0.4 is 10.1 Å². The van der Waals surface area contributed by atoms with Crippen molar-refractivity contribution in [3.8, 4) is 5.75 Å². The largest absolute Gasteiger partial charge is 0.497 e. The fraction of sp³-hybridized carbons (Fsp3) is 0.318. The van der Waals surface area contributed by atoms with Gasteiger partial charge in [0.15, 0.2) is 5.11 Å². The van der Waals surface area contributed by atoms with Crippen molar-refractivity contribution >= 4 is 57.4 Å². The summed E-state index contributed by atoms with van der Waals surface area (Å²) in [4.78, 5) is 29.0. The highest BCUT2D eigenvalue weighted by Gasteiger charge is 2.42. The van der Waals surface area contributed by atoms with E-state index in [-0.39, 0.29) is 18.2 Å². The minimum absolute atomic E-state index is 0.0596. The normalized spacial score (nSPS) is 16.2. The fourth-order valence-electron chi connectivity index (χ4n) is 3.40. The number of rotatable bonds is 8. The molecule has 2 amide bonds. The first kappa shape index (κ1) is 22.5. The number of ether oxygens (including phenoxy) is 1. The van der Waals surface area contributed by atoms with Crippen molar-refractivity contribution in [2.75, 3.05) is 25.5 Å². The minimum atomic E-state index is -0.584. The molecule has 1 heterocycles. The van der Waals surface area contributed by atoms with Crippen LogP contribution in [0.1, 0.15) is 18.9 Å². The number of carbonyl (C=O) groups is 2. The van der Waals surface area contributed by atoms with E-state index < -0.39 is 6.04 Å². The van der Waals surface area contributed by atoms with Crippen molar-refractivity contribution < 1.29 is 14.3 Å². The van der Waals surface area contributed by atoms with Gasteiger partial charge in [-0.05, 0) is 90.1 Å². The molecule has 2 aromatic rings. The molecule has 0 aromatic heterocycles. The molecule has 2 aromatic carbocycles. The Kier molecular flexibility index (Phi) is 7.65. The van der Waals surface area contributed by atoms with Crippen LogP contribution in [0.15, 0.2) is 48.5 Å². The molecule has 1 N–H and O–H groups in total. The number of amides is 2. The SMILES string of the molecule is CCN1C(=O)C(CC(=O)Nc2ccc(I)cc2)N(CCc2ccc(OC)cc2)C1=S. The number of likely N-dealkylation sites (N-methyl/N-ethyl adjacent to an activating group) is 1. The van der Waals surface area contributed by atoms with Gasteiger partial charge < -0.3 is 15.0 Å². The molecule has 6 nitrogen and oxygen atoms in total. The van der Waals surface area contributed by atoms with Gasteiger partial charge in [0.2, 0.25) is 5.91 Å². The highest BCUT2D eigenvalue weighted by molar-refractivity contribution is 14.1. The summed E-state index contributed by atoms with van der Waals surface area (Å²) in [5.41, 5.74) is 1.83. The molecule has 30 heavy (non-hydrogen) atoms. The third kappa shape index (κ3) is 5.28. The van der Waals surface area contributed by atoms with Crippen molar-refractivity contribution in [1.29, 1.82) is 0 Å². The van der Waals surface area contributed by atoms with E-state index in [9.17, 15) is 9.59 Å². The maximum atomic E-state index is 12.9. The van der Waals surface area contributed by atoms with Crippen LogP contribution in [0.3, 0.4) is 0 Å². The first-order valence-electron chi connectivity index (χ1n) is 9.73. The van der Waals surface area contributed by atoms with E-state index in [4.69, 9.17) is 17.0 Å². The molecular weight excluding hydrogens is 513 g/mol. The number of nitrogens with one attached hydrogen (secondary N) is 1. The molecule has 0 radical (unpaired) electrons. The van der Waals surface area contributed by atoms with Crippen molar-refractivity contribution in [1.82, 2.24) is 9.80 Å². The van der Waals surface area contributed by atoms with Gasteiger partial charge in [-0.2, -0.15) is 0 Å². The highest BCUT2D eigenvalue weighted by atomic mass is 127. The molecule has 0 bridgehead atoms. The van der Waals surface area contributed by atoms with Crippen LogP contribution in [0.25, 0.3) is 0 Å². The van der Waals surface area contributed by atoms with Gasteiger partial charge in [-0.15, -0.1) is 0 Å². The molecule has 158 valence electrons. The van der Waals surface area contributed by atoms with Gasteiger partial charge in [-0.3, -0.25) is 14.5 Å². The van der Waals surface area contributed by atoms with Crippen LogP contribution in [0.2, 0.25) is 0 Å². The van der Waals surface area contributed by atoms with Gasteiger partial charge >= 0.3 is 0 Å². The van der Waals surface area contributed by atoms with Gasteiger partial charge in [0.05, 0.1) is 13.5 Å². The van der Waals surface area contributed by atoms with E-state index in [1.54, 1.807) is 12.0 Å². The molecule has 1 fully saturated rings. The molecule has 3 rings (SSSR count). The lowest BCUT2D eigenvalue weighted by molar-refractivity contribution is -0.130. The molecular formula is C22H24IN3O3S. The average Bonchev–Trinajstić information content (AvgIpc) is 2.97. The summed E-state index contributed by atoms with van der Waals surface area (Å²) in [5, 5.41) is 3.36. The van der Waals surface area contributed by atoms with Crippen LogP contribution in [0, 0.1) is 3.57 Å². The summed E-state index contributed by atoms with van der Waals surface area (Å²) in [7, 11) is 1.63. The first-order chi connectivity index (χ1) is 14.4. The molecule has 8 heteroatoms. The molecule has 1 aliphatic rings. The summed E-state index contributed by atoms with van der Waals surface area (Å²) >= 11 is 7.76. The Morgan fingerprint density at radius 1 is 1.17 bits per heavy atom. The number of halogens is 1. The van der Waals surface area contributed by atoms with Gasteiger partial charge in [0.1, 0.15) is 11.8 Å². The lowest BCUT2D eigenvalue weighted by Crippen LogP contribution is -2.39. The second-order valence-corrected chi connectivity index (χ2v) is 8.54. The Bertz CT molecular complexity index is 918. The summed E-state index contributed by atoms with van der Waals surface area (Å²) in [6, 6.07) is 14.8. The third-order valence-electron chi connectivity index (χ3n) is 5.03. The van der Waals surface area contributed by atoms with Crippen molar-refractivity contribution in [3.63, 3.8) is 0 Å². The second-order valence-electron chi connectivity index (χ2n) is 6.93. The summed E-state index contributed by atoms with van der Waals surface area (Å²) < 4.78 is 6.28. The van der Waals surface area contributed by atoms with Crippen LogP contribution in [0.4, 0.5) is 5.69 Å². The molecule has 0 aliphatic carbocycles. The smallest absolute Gasteiger partial charge is 0.252 e. The Balaban J connectivity index is 1.68. The molecule has 1 unspecified atom stereocenters. The van der Waals surface area contributed by atoms with Gasteiger partial charge in [0, 0.05) is 22.3 Å². The lowest BCUT2D eigenvalue weighted by Gasteiger charge is -2.23. The Labute approximate surface area is 195 Å². The zero-order valence-corrected chi connectivity index (χ0v) is 19.9. The zero-order valence-electron chi connectivity index (χ0n) is 16.9. The predicted molar refractivity (Wildman–Crippen MR) is 130 cm³/mol. The summed E-state index contributed by atoms with van der Waals surface area (Å²) in [6.07, 6.45) is 0.772. The van der Waals surface area contributed by atoms with E-state index in [1.807, 2.05) is 60.4 Å². The first-order valence-corrected chi connectivity index (χ1v) is 11.2. The van der Waals surface area contributed by atoms with Crippen LogP contribution >= 0.6 is 34.8 Å². The molecule has 0 saturated carbocycles. The number of hydrogen-bond acceptors (Lipinski definition) is 4. The van der Waals surface area contributed by atoms with E-state index in [2.05, 4.69) is 27.9 Å². The topological polar surface area (TPSA) is 61.9 Å². The number of benzene rings is 2. The number of carbonyl (C=O) groups excluding carboxylic acids is 2. The zero-order chi connectivity index (χ0) is 21.7. The van der Waals surface area contributed by atoms with E-state index in [1.165, 1.54) is 0 Å². The minimum Gasteiger partial charge on any atom is -0.497 e. The monoisotopic (exact) mass is 537 g/mol. The Morgan fingerprint density at radius 3 is 2.43 bits per heavy atom. The van der Waals surface area contributed by atoms with Crippen molar-refractivity contribution in [2.24, 2.45) is 0 Å². The number of anilines is 1. The average molecular weight is 537 g/mol. The van der Waals surface area contributed by atoms with Gasteiger partial charge in [-0.1, -0.05) is 12.1 Å². The number of nitrogens with zero attached hydrogens (tertiary/aromatic N) is 2. The highest BCUT2D eigenvalue weighted by Crippen LogP contribution is 2.22. The standard InChI is InChI=1S/C22H24IN3O3S/c1-3-25-21(28)19(14-20(27)24-17-8-6-16(23)7-9-17)26(22(25)30)13-12-15-4-10-18(29-2)11-5-15/h4-11,19H,3,12-14H2,1-2H3,(H,24,27). The number of hydrogen-bond donors (Lipinski definition) is 1. The Hall–Kier alpha value is -2.20. The van der Waals surface area contributed by atoms with E-state index in [0.29, 0.717) is 30.3 Å².